The van der Waals surface area contributed by atoms with Crippen LogP contribution in [0.2, 0.25) is 0 Å². The number of imidazole rings is 1. The number of likely N-dealkylation sites (N-methyl/N-ethyl adjacent to an activating group) is 1. The molecule has 1 saturated heterocycles. The third-order valence-electron chi connectivity index (χ3n) is 5.42. The van der Waals surface area contributed by atoms with Crippen LogP contribution in [-0.4, -0.2) is 60.2 Å². The van der Waals surface area contributed by atoms with E-state index in [-0.39, 0.29) is 11.2 Å². The summed E-state index contributed by atoms with van der Waals surface area (Å²) in [6.45, 7) is 4.61. The van der Waals surface area contributed by atoms with E-state index in [2.05, 4.69) is 10.3 Å². The van der Waals surface area contributed by atoms with E-state index in [9.17, 15) is 24.6 Å². The number of unbranched alkanes of at least 4 members (excludes halogenated alkanes) is 2. The van der Waals surface area contributed by atoms with Crippen molar-refractivity contribution in [3.05, 3.63) is 27.2 Å². The van der Waals surface area contributed by atoms with Gasteiger partial charge in [-0.15, -0.1) is 0 Å². The minimum absolute atomic E-state index is 0.0792. The number of aliphatic hydroxyl groups is 2. The Bertz CT molecular complexity index is 1020. The number of rotatable bonds is 8. The van der Waals surface area contributed by atoms with Crippen molar-refractivity contribution in [2.75, 3.05) is 7.05 Å². The highest BCUT2D eigenvalue weighted by molar-refractivity contribution is 5.81. The number of aryl methyl sites for hydroxylation is 1. The van der Waals surface area contributed by atoms with E-state index < -0.39 is 41.7 Å². The lowest BCUT2D eigenvalue weighted by atomic mass is 10.1. The largest absolute Gasteiger partial charge is 0.387 e. The fourth-order valence-electron chi connectivity index (χ4n) is 3.69. The summed E-state index contributed by atoms with van der Waals surface area (Å²) < 4.78 is 9.61. The summed E-state index contributed by atoms with van der Waals surface area (Å²) in [5.74, 6) is -0.584. The molecular formula is C19H29N5O6. The van der Waals surface area contributed by atoms with Crippen molar-refractivity contribution in [2.24, 2.45) is 0 Å². The molecule has 1 amide bonds. The van der Waals surface area contributed by atoms with Crippen LogP contribution in [-0.2, 0) is 22.6 Å². The molecule has 0 bridgehead atoms. The number of nitrogens with zero attached hydrogens (tertiary/aromatic N) is 4. The maximum absolute atomic E-state index is 13.1. The second-order valence-corrected chi connectivity index (χ2v) is 7.46. The number of aromatic nitrogens is 4. The molecular weight excluding hydrogens is 394 g/mol. The molecule has 3 heterocycles. The molecule has 1 fully saturated rings. The second-order valence-electron chi connectivity index (χ2n) is 7.46. The van der Waals surface area contributed by atoms with Gasteiger partial charge in [0.05, 0.1) is 6.33 Å². The van der Waals surface area contributed by atoms with E-state index in [1.807, 2.05) is 13.8 Å². The monoisotopic (exact) mass is 423 g/mol. The Labute approximate surface area is 172 Å². The van der Waals surface area contributed by atoms with Gasteiger partial charge in [-0.25, -0.2) is 9.78 Å². The standard InChI is InChI=1S/C19H29N5O6/c1-4-6-8-22-16-11(17(28)23(19(22)29)9-7-5-2)21-10-24(16)18-13(26)12(25)14(30-18)15(27)20-3/h10,12-14,18,25-26H,4-9H2,1-3H3,(H,20,27)/t12-,13+,14-,18+/m0/s1. The fraction of sp³-hybridized carbons (Fsp3) is 0.684. The van der Waals surface area contributed by atoms with Gasteiger partial charge in [0.15, 0.2) is 23.5 Å². The van der Waals surface area contributed by atoms with Crippen molar-refractivity contribution in [1.29, 1.82) is 0 Å². The van der Waals surface area contributed by atoms with Crippen molar-refractivity contribution < 1.29 is 19.7 Å². The predicted octanol–water partition coefficient (Wildman–Crippen LogP) is -0.675. The summed E-state index contributed by atoms with van der Waals surface area (Å²) in [6, 6.07) is 0. The highest BCUT2D eigenvalue weighted by Crippen LogP contribution is 2.31. The van der Waals surface area contributed by atoms with Gasteiger partial charge in [0.25, 0.3) is 11.5 Å². The Morgan fingerprint density at radius 1 is 1.13 bits per heavy atom. The van der Waals surface area contributed by atoms with Crippen molar-refractivity contribution in [3.63, 3.8) is 0 Å². The number of ether oxygens (including phenoxy) is 1. The Morgan fingerprint density at radius 2 is 1.77 bits per heavy atom. The Morgan fingerprint density at radius 3 is 2.37 bits per heavy atom. The quantitative estimate of drug-likeness (QED) is 0.511. The maximum atomic E-state index is 13.1. The number of hydrogen-bond acceptors (Lipinski definition) is 7. The molecule has 0 aromatic carbocycles. The number of amides is 1. The van der Waals surface area contributed by atoms with E-state index in [4.69, 9.17) is 4.74 Å². The van der Waals surface area contributed by atoms with Gasteiger partial charge >= 0.3 is 5.69 Å². The van der Waals surface area contributed by atoms with Gasteiger partial charge < -0.3 is 20.3 Å². The van der Waals surface area contributed by atoms with Crippen molar-refractivity contribution in [3.8, 4) is 0 Å². The summed E-state index contributed by atoms with van der Waals surface area (Å²) in [5.41, 5.74) is -0.673. The Kier molecular flexibility index (Phi) is 6.74. The molecule has 2 aromatic rings. The van der Waals surface area contributed by atoms with Gasteiger partial charge in [-0.05, 0) is 12.8 Å². The zero-order valence-corrected chi connectivity index (χ0v) is 17.4. The van der Waals surface area contributed by atoms with Crippen LogP contribution in [0.3, 0.4) is 0 Å². The van der Waals surface area contributed by atoms with Crippen LogP contribution in [0.25, 0.3) is 11.2 Å². The first kappa shape index (κ1) is 22.2. The molecule has 4 atom stereocenters. The maximum Gasteiger partial charge on any atom is 0.332 e. The van der Waals surface area contributed by atoms with Gasteiger partial charge in [0.1, 0.15) is 12.2 Å². The van der Waals surface area contributed by atoms with Crippen LogP contribution >= 0.6 is 0 Å². The molecule has 0 spiro atoms. The molecule has 2 aromatic heterocycles. The molecule has 1 aliphatic rings. The van der Waals surface area contributed by atoms with Crippen LogP contribution in [0.5, 0.6) is 0 Å². The van der Waals surface area contributed by atoms with Gasteiger partial charge in [-0.2, -0.15) is 0 Å². The van der Waals surface area contributed by atoms with Crippen molar-refractivity contribution in [2.45, 2.75) is 77.2 Å². The topological polar surface area (TPSA) is 141 Å². The van der Waals surface area contributed by atoms with Crippen LogP contribution in [0.1, 0.15) is 45.8 Å². The third kappa shape index (κ3) is 3.68. The van der Waals surface area contributed by atoms with Gasteiger partial charge in [0, 0.05) is 20.1 Å². The van der Waals surface area contributed by atoms with E-state index in [0.29, 0.717) is 25.9 Å². The first-order valence-electron chi connectivity index (χ1n) is 10.3. The number of hydrogen-bond donors (Lipinski definition) is 3. The number of aliphatic hydroxyl groups excluding tert-OH is 2. The first-order valence-corrected chi connectivity index (χ1v) is 10.3. The molecule has 3 N–H and O–H groups in total. The minimum atomic E-state index is -1.46. The highest BCUT2D eigenvalue weighted by atomic mass is 16.6. The molecule has 0 saturated carbocycles. The van der Waals surface area contributed by atoms with Crippen molar-refractivity contribution in [1.82, 2.24) is 24.0 Å². The third-order valence-corrected chi connectivity index (χ3v) is 5.42. The zero-order chi connectivity index (χ0) is 22.0. The summed E-state index contributed by atoms with van der Waals surface area (Å²) >= 11 is 0. The van der Waals surface area contributed by atoms with Gasteiger partial charge in [0.2, 0.25) is 0 Å². The second kappa shape index (κ2) is 9.11. The summed E-state index contributed by atoms with van der Waals surface area (Å²) in [4.78, 5) is 42.2. The average Bonchev–Trinajstić information content (AvgIpc) is 3.29. The van der Waals surface area contributed by atoms with Crippen LogP contribution in [0, 0.1) is 0 Å². The Balaban J connectivity index is 2.17. The summed E-state index contributed by atoms with van der Waals surface area (Å²) in [6.07, 6.45) is -1.03. The summed E-state index contributed by atoms with van der Waals surface area (Å²) in [5, 5.41) is 23.1. The number of carbonyl (C=O) groups excluding carboxylic acids is 1. The smallest absolute Gasteiger partial charge is 0.332 e. The minimum Gasteiger partial charge on any atom is -0.387 e. The molecule has 166 valence electrons. The van der Waals surface area contributed by atoms with Gasteiger partial charge in [-0.3, -0.25) is 23.3 Å². The van der Waals surface area contributed by atoms with Crippen molar-refractivity contribution >= 4 is 17.1 Å². The lowest BCUT2D eigenvalue weighted by Crippen LogP contribution is -2.41. The zero-order valence-electron chi connectivity index (χ0n) is 17.4. The fourth-order valence-corrected chi connectivity index (χ4v) is 3.69. The molecule has 0 unspecified atom stereocenters. The van der Waals surface area contributed by atoms with E-state index >= 15 is 0 Å². The molecule has 0 radical (unpaired) electrons. The lowest BCUT2D eigenvalue weighted by Gasteiger charge is -2.19. The number of nitrogens with one attached hydrogen (secondary N) is 1. The SMILES string of the molecule is CCCCn1c(=O)c2ncn([C@@H]3O[C@H](C(=O)NC)[C@@H](O)[C@H]3O)c2n(CCCC)c1=O. The van der Waals surface area contributed by atoms with E-state index in [1.54, 1.807) is 0 Å². The lowest BCUT2D eigenvalue weighted by molar-refractivity contribution is -0.137. The number of carbonyl (C=O) groups is 1. The molecule has 0 aliphatic carbocycles. The van der Waals surface area contributed by atoms with E-state index in [1.165, 1.54) is 27.1 Å². The van der Waals surface area contributed by atoms with E-state index in [0.717, 1.165) is 12.8 Å². The molecule has 11 heteroatoms. The molecule has 11 nitrogen and oxygen atoms in total. The van der Waals surface area contributed by atoms with Crippen LogP contribution < -0.4 is 16.6 Å². The number of fused-ring (bicyclic) bond motifs is 1. The summed E-state index contributed by atoms with van der Waals surface area (Å²) in [7, 11) is 1.39. The van der Waals surface area contributed by atoms with Gasteiger partial charge in [-0.1, -0.05) is 26.7 Å². The normalized spacial score (nSPS) is 23.9. The highest BCUT2D eigenvalue weighted by Gasteiger charge is 2.47. The van der Waals surface area contributed by atoms with Crippen LogP contribution in [0.15, 0.2) is 15.9 Å². The molecule has 30 heavy (non-hydrogen) atoms. The van der Waals surface area contributed by atoms with Crippen LogP contribution in [0.4, 0.5) is 0 Å². The molecule has 1 aliphatic heterocycles. The first-order chi connectivity index (χ1) is 14.4. The average molecular weight is 423 g/mol. The molecule has 3 rings (SSSR count). The Hall–Kier alpha value is -2.50. The predicted molar refractivity (Wildman–Crippen MR) is 108 cm³/mol.